The van der Waals surface area contributed by atoms with Crippen molar-refractivity contribution in [1.29, 1.82) is 0 Å². The van der Waals surface area contributed by atoms with E-state index in [9.17, 15) is 4.79 Å². The Morgan fingerprint density at radius 3 is 2.80 bits per heavy atom. The Balaban J connectivity index is 1.72. The number of nitrogens with one attached hydrogen (secondary N) is 1. The minimum Gasteiger partial charge on any atom is -0.490 e. The number of nitrogens with zero attached hydrogens (tertiary/aromatic N) is 2. The molecule has 6 heteroatoms. The molecule has 0 bridgehead atoms. The second kappa shape index (κ2) is 7.59. The summed E-state index contributed by atoms with van der Waals surface area (Å²) >= 11 is 0. The molecule has 3 rings (SSSR count). The Morgan fingerprint density at radius 1 is 1.28 bits per heavy atom. The lowest BCUT2D eigenvalue weighted by Gasteiger charge is -2.16. The van der Waals surface area contributed by atoms with Gasteiger partial charge in [0, 0.05) is 13.5 Å². The van der Waals surface area contributed by atoms with Crippen molar-refractivity contribution < 1.29 is 14.3 Å². The number of aryl methyl sites for hydroxylation is 2. The molecule has 134 valence electrons. The maximum absolute atomic E-state index is 12.6. The van der Waals surface area contributed by atoms with Gasteiger partial charge in [-0.05, 0) is 37.1 Å². The molecular weight excluding hydrogens is 318 g/mol. The number of aromatic nitrogens is 2. The number of fused-ring (bicyclic) bond motifs is 1. The number of amides is 1. The van der Waals surface area contributed by atoms with Gasteiger partial charge in [0.1, 0.15) is 5.69 Å². The number of rotatable bonds is 5. The van der Waals surface area contributed by atoms with Crippen molar-refractivity contribution in [1.82, 2.24) is 15.1 Å². The highest BCUT2D eigenvalue weighted by Gasteiger charge is 2.18. The van der Waals surface area contributed by atoms with Crippen molar-refractivity contribution in [3.63, 3.8) is 0 Å². The predicted molar refractivity (Wildman–Crippen MR) is 95.1 cm³/mol. The largest absolute Gasteiger partial charge is 0.490 e. The van der Waals surface area contributed by atoms with Crippen LogP contribution in [0, 0.1) is 0 Å². The molecule has 1 amide bonds. The molecule has 2 heterocycles. The van der Waals surface area contributed by atoms with E-state index in [1.807, 2.05) is 31.2 Å². The van der Waals surface area contributed by atoms with Crippen LogP contribution in [0.15, 0.2) is 24.3 Å². The van der Waals surface area contributed by atoms with Gasteiger partial charge in [-0.25, -0.2) is 0 Å². The van der Waals surface area contributed by atoms with Crippen molar-refractivity contribution in [3.05, 3.63) is 41.2 Å². The van der Waals surface area contributed by atoms with Gasteiger partial charge < -0.3 is 14.8 Å². The number of hydrogen-bond donors (Lipinski definition) is 1. The standard InChI is InChI=1S/C19H25N3O3/c1-4-6-15-12-16(22(3)21-15)19(23)20-13(2)14-7-8-17-18(11-14)25-10-5-9-24-17/h7-8,11-13H,4-6,9-10H2,1-3H3,(H,20,23)/t13-/m0/s1. The quantitative estimate of drug-likeness (QED) is 0.906. The molecule has 0 fully saturated rings. The first kappa shape index (κ1) is 17.3. The van der Waals surface area contributed by atoms with Gasteiger partial charge in [-0.15, -0.1) is 0 Å². The van der Waals surface area contributed by atoms with Crippen LogP contribution in [0.25, 0.3) is 0 Å². The predicted octanol–water partition coefficient (Wildman–Crippen LogP) is 3.02. The molecule has 6 nitrogen and oxygen atoms in total. The molecule has 1 aliphatic heterocycles. The second-order valence-electron chi connectivity index (χ2n) is 6.35. The van der Waals surface area contributed by atoms with Crippen LogP contribution in [0.4, 0.5) is 0 Å². The number of ether oxygens (including phenoxy) is 2. The normalized spacial score (nSPS) is 14.7. The number of carbonyl (C=O) groups excluding carboxylic acids is 1. The van der Waals surface area contributed by atoms with Crippen LogP contribution in [0.3, 0.4) is 0 Å². The average molecular weight is 343 g/mol. The van der Waals surface area contributed by atoms with Crippen molar-refractivity contribution in [2.75, 3.05) is 13.2 Å². The minimum atomic E-state index is -0.144. The molecule has 0 saturated heterocycles. The first-order valence-electron chi connectivity index (χ1n) is 8.81. The lowest BCUT2D eigenvalue weighted by atomic mass is 10.1. The van der Waals surface area contributed by atoms with Gasteiger partial charge in [-0.2, -0.15) is 5.10 Å². The maximum atomic E-state index is 12.6. The van der Waals surface area contributed by atoms with E-state index in [0.29, 0.717) is 18.9 Å². The van der Waals surface area contributed by atoms with Crippen molar-refractivity contribution >= 4 is 5.91 Å². The number of hydrogen-bond acceptors (Lipinski definition) is 4. The van der Waals surface area contributed by atoms with Gasteiger partial charge in [-0.1, -0.05) is 19.4 Å². The van der Waals surface area contributed by atoms with Gasteiger partial charge in [0.05, 0.1) is 24.9 Å². The molecule has 0 spiro atoms. The summed E-state index contributed by atoms with van der Waals surface area (Å²) < 4.78 is 13.0. The van der Waals surface area contributed by atoms with Crippen LogP contribution in [-0.4, -0.2) is 28.9 Å². The Bertz CT molecular complexity index is 754. The Morgan fingerprint density at radius 2 is 2.04 bits per heavy atom. The highest BCUT2D eigenvalue weighted by molar-refractivity contribution is 5.92. The fourth-order valence-electron chi connectivity index (χ4n) is 2.92. The summed E-state index contributed by atoms with van der Waals surface area (Å²) in [5.41, 5.74) is 2.50. The van der Waals surface area contributed by atoms with E-state index in [0.717, 1.165) is 42.0 Å². The molecule has 1 aromatic carbocycles. The van der Waals surface area contributed by atoms with Gasteiger partial charge in [0.15, 0.2) is 11.5 Å². The monoisotopic (exact) mass is 343 g/mol. The number of benzene rings is 1. The topological polar surface area (TPSA) is 65.4 Å². The smallest absolute Gasteiger partial charge is 0.270 e. The molecule has 25 heavy (non-hydrogen) atoms. The zero-order chi connectivity index (χ0) is 17.8. The fourth-order valence-corrected chi connectivity index (χ4v) is 2.92. The van der Waals surface area contributed by atoms with Crippen LogP contribution in [0.5, 0.6) is 11.5 Å². The third-order valence-electron chi connectivity index (χ3n) is 4.29. The summed E-state index contributed by atoms with van der Waals surface area (Å²) in [5, 5.41) is 7.42. The molecule has 1 atom stereocenters. The van der Waals surface area contributed by atoms with Gasteiger partial charge in [0.25, 0.3) is 5.91 Å². The molecule has 0 aliphatic carbocycles. The average Bonchev–Trinajstić information content (AvgIpc) is 2.81. The first-order valence-corrected chi connectivity index (χ1v) is 8.81. The lowest BCUT2D eigenvalue weighted by molar-refractivity contribution is 0.0930. The molecular formula is C19H25N3O3. The molecule has 0 radical (unpaired) electrons. The Kier molecular flexibility index (Phi) is 5.26. The van der Waals surface area contributed by atoms with Crippen LogP contribution in [0.1, 0.15) is 54.5 Å². The summed E-state index contributed by atoms with van der Waals surface area (Å²) in [6.07, 6.45) is 2.75. The minimum absolute atomic E-state index is 0.128. The summed E-state index contributed by atoms with van der Waals surface area (Å²) in [7, 11) is 1.80. The van der Waals surface area contributed by atoms with E-state index >= 15 is 0 Å². The molecule has 0 saturated carbocycles. The van der Waals surface area contributed by atoms with E-state index in [-0.39, 0.29) is 11.9 Å². The van der Waals surface area contributed by atoms with E-state index in [1.54, 1.807) is 11.7 Å². The summed E-state index contributed by atoms with van der Waals surface area (Å²) in [6.45, 7) is 5.37. The highest BCUT2D eigenvalue weighted by atomic mass is 16.5. The summed E-state index contributed by atoms with van der Waals surface area (Å²) in [4.78, 5) is 12.6. The van der Waals surface area contributed by atoms with Crippen LogP contribution < -0.4 is 14.8 Å². The summed E-state index contributed by atoms with van der Waals surface area (Å²) in [6, 6.07) is 7.53. The molecule has 1 aliphatic rings. The summed E-state index contributed by atoms with van der Waals surface area (Å²) in [5.74, 6) is 1.37. The number of carbonyl (C=O) groups is 1. The molecule has 0 unspecified atom stereocenters. The van der Waals surface area contributed by atoms with Crippen molar-refractivity contribution in [2.45, 2.75) is 39.2 Å². The molecule has 2 aromatic rings. The molecule has 1 aromatic heterocycles. The SMILES string of the molecule is CCCc1cc(C(=O)N[C@@H](C)c2ccc3c(c2)OCCCO3)n(C)n1. The zero-order valence-electron chi connectivity index (χ0n) is 15.0. The third-order valence-corrected chi connectivity index (χ3v) is 4.29. The van der Waals surface area contributed by atoms with Crippen LogP contribution in [-0.2, 0) is 13.5 Å². The van der Waals surface area contributed by atoms with Crippen LogP contribution in [0.2, 0.25) is 0 Å². The lowest BCUT2D eigenvalue weighted by Crippen LogP contribution is -2.28. The van der Waals surface area contributed by atoms with E-state index in [4.69, 9.17) is 9.47 Å². The van der Waals surface area contributed by atoms with E-state index < -0.39 is 0 Å². The fraction of sp³-hybridized carbons (Fsp3) is 0.474. The van der Waals surface area contributed by atoms with E-state index in [2.05, 4.69) is 17.3 Å². The van der Waals surface area contributed by atoms with Crippen LogP contribution >= 0.6 is 0 Å². The van der Waals surface area contributed by atoms with Gasteiger partial charge >= 0.3 is 0 Å². The van der Waals surface area contributed by atoms with E-state index in [1.165, 1.54) is 0 Å². The maximum Gasteiger partial charge on any atom is 0.270 e. The van der Waals surface area contributed by atoms with Gasteiger partial charge in [0.2, 0.25) is 0 Å². The van der Waals surface area contributed by atoms with Crippen molar-refractivity contribution in [2.24, 2.45) is 7.05 Å². The zero-order valence-corrected chi connectivity index (χ0v) is 15.0. The Hall–Kier alpha value is -2.50. The Labute approximate surface area is 148 Å². The van der Waals surface area contributed by atoms with Crippen molar-refractivity contribution in [3.8, 4) is 11.5 Å². The molecule has 1 N–H and O–H groups in total. The third kappa shape index (κ3) is 3.95. The van der Waals surface area contributed by atoms with Gasteiger partial charge in [-0.3, -0.25) is 9.48 Å². The highest BCUT2D eigenvalue weighted by Crippen LogP contribution is 2.32. The second-order valence-corrected chi connectivity index (χ2v) is 6.35. The first-order chi connectivity index (χ1) is 12.1.